The number of hydrogen-bond acceptors (Lipinski definition) is 5. The van der Waals surface area contributed by atoms with E-state index < -0.39 is 10.0 Å². The second-order valence-corrected chi connectivity index (χ2v) is 9.78. The maximum Gasteiger partial charge on any atom is 0.240 e. The molecule has 134 valence electrons. The molecule has 5 nitrogen and oxygen atoms in total. The topological polar surface area (TPSA) is 62.3 Å². The Bertz CT molecular complexity index is 798. The SMILES string of the molecule is O=S(=O)(NC1CCC12CCN(Cc1nccs1)CC2)c1ccccc1. The summed E-state index contributed by atoms with van der Waals surface area (Å²) in [6, 6.07) is 8.75. The van der Waals surface area contributed by atoms with Crippen molar-refractivity contribution in [3.63, 3.8) is 0 Å². The highest BCUT2D eigenvalue weighted by Gasteiger charge is 2.49. The Morgan fingerprint density at radius 1 is 1.20 bits per heavy atom. The molecule has 1 aromatic heterocycles. The summed E-state index contributed by atoms with van der Waals surface area (Å²) in [5.41, 5.74) is 0.140. The minimum atomic E-state index is -3.42. The average Bonchev–Trinajstić information content (AvgIpc) is 3.13. The van der Waals surface area contributed by atoms with Crippen LogP contribution in [0.4, 0.5) is 0 Å². The molecule has 1 spiro atoms. The highest BCUT2D eigenvalue weighted by atomic mass is 32.2. The fraction of sp³-hybridized carbons (Fsp3) is 0.500. The molecule has 0 radical (unpaired) electrons. The van der Waals surface area contributed by atoms with E-state index in [1.807, 2.05) is 17.6 Å². The third-order valence-corrected chi connectivity index (χ3v) is 7.97. The molecule has 1 aromatic carbocycles. The molecule has 0 amide bonds. The first kappa shape index (κ1) is 17.1. The van der Waals surface area contributed by atoms with Gasteiger partial charge in [-0.05, 0) is 56.3 Å². The number of rotatable bonds is 5. The fourth-order valence-electron chi connectivity index (χ4n) is 4.01. The number of benzene rings is 1. The van der Waals surface area contributed by atoms with Gasteiger partial charge >= 0.3 is 0 Å². The largest absolute Gasteiger partial charge is 0.297 e. The van der Waals surface area contributed by atoms with Crippen molar-refractivity contribution >= 4 is 21.4 Å². The van der Waals surface area contributed by atoms with Gasteiger partial charge in [0.2, 0.25) is 10.0 Å². The van der Waals surface area contributed by atoms with Crippen LogP contribution in [0.15, 0.2) is 46.8 Å². The van der Waals surface area contributed by atoms with Crippen molar-refractivity contribution in [1.29, 1.82) is 0 Å². The number of nitrogens with zero attached hydrogens (tertiary/aromatic N) is 2. The van der Waals surface area contributed by atoms with Crippen molar-refractivity contribution in [2.75, 3.05) is 13.1 Å². The van der Waals surface area contributed by atoms with Crippen LogP contribution >= 0.6 is 11.3 Å². The van der Waals surface area contributed by atoms with Crippen LogP contribution in [0.25, 0.3) is 0 Å². The predicted molar refractivity (Wildman–Crippen MR) is 98.8 cm³/mol. The van der Waals surface area contributed by atoms with E-state index in [-0.39, 0.29) is 11.5 Å². The molecule has 2 fully saturated rings. The summed E-state index contributed by atoms with van der Waals surface area (Å²) in [5.74, 6) is 0. The lowest BCUT2D eigenvalue weighted by Crippen LogP contribution is -2.58. The predicted octanol–water partition coefficient (Wildman–Crippen LogP) is 2.87. The van der Waals surface area contributed by atoms with E-state index in [9.17, 15) is 8.42 Å². The minimum absolute atomic E-state index is 0.0692. The molecule has 4 rings (SSSR count). The van der Waals surface area contributed by atoms with Crippen molar-refractivity contribution in [3.05, 3.63) is 46.9 Å². The number of likely N-dealkylation sites (tertiary alicyclic amines) is 1. The van der Waals surface area contributed by atoms with E-state index in [1.54, 1.807) is 35.6 Å². The monoisotopic (exact) mass is 377 g/mol. The fourth-order valence-corrected chi connectivity index (χ4v) is 6.06. The lowest BCUT2D eigenvalue weighted by atomic mass is 9.60. The van der Waals surface area contributed by atoms with Crippen LogP contribution in [-0.2, 0) is 16.6 Å². The van der Waals surface area contributed by atoms with E-state index in [0.29, 0.717) is 4.90 Å². The summed E-state index contributed by atoms with van der Waals surface area (Å²) in [4.78, 5) is 7.16. The van der Waals surface area contributed by atoms with E-state index in [1.165, 1.54) is 0 Å². The first-order valence-electron chi connectivity index (χ1n) is 8.76. The van der Waals surface area contributed by atoms with E-state index in [0.717, 1.165) is 50.3 Å². The molecule has 1 saturated heterocycles. The van der Waals surface area contributed by atoms with Crippen molar-refractivity contribution in [1.82, 2.24) is 14.6 Å². The lowest BCUT2D eigenvalue weighted by Gasteiger charge is -2.53. The molecular weight excluding hydrogens is 354 g/mol. The maximum atomic E-state index is 12.6. The summed E-state index contributed by atoms with van der Waals surface area (Å²) in [5, 5.41) is 3.17. The normalized spacial score (nSPS) is 23.4. The van der Waals surface area contributed by atoms with Crippen LogP contribution in [0.3, 0.4) is 0 Å². The molecule has 0 bridgehead atoms. The second-order valence-electron chi connectivity index (χ2n) is 7.09. The number of nitrogens with one attached hydrogen (secondary N) is 1. The molecule has 2 heterocycles. The Hall–Kier alpha value is -1.28. The van der Waals surface area contributed by atoms with Crippen LogP contribution in [-0.4, -0.2) is 37.4 Å². The quantitative estimate of drug-likeness (QED) is 0.870. The van der Waals surface area contributed by atoms with Crippen LogP contribution < -0.4 is 4.72 Å². The Morgan fingerprint density at radius 3 is 2.56 bits per heavy atom. The summed E-state index contributed by atoms with van der Waals surface area (Å²) in [7, 11) is -3.42. The van der Waals surface area contributed by atoms with Gasteiger partial charge in [-0.25, -0.2) is 18.1 Å². The van der Waals surface area contributed by atoms with Crippen LogP contribution in [0, 0.1) is 5.41 Å². The third-order valence-electron chi connectivity index (χ3n) is 5.72. The minimum Gasteiger partial charge on any atom is -0.297 e. The Morgan fingerprint density at radius 2 is 1.96 bits per heavy atom. The van der Waals surface area contributed by atoms with Crippen LogP contribution in [0.2, 0.25) is 0 Å². The highest BCUT2D eigenvalue weighted by Crippen LogP contribution is 2.49. The first-order chi connectivity index (χ1) is 12.1. The smallest absolute Gasteiger partial charge is 0.240 e. The molecule has 1 N–H and O–H groups in total. The summed E-state index contributed by atoms with van der Waals surface area (Å²) < 4.78 is 28.2. The summed E-state index contributed by atoms with van der Waals surface area (Å²) in [6.45, 7) is 2.94. The standard InChI is InChI=1S/C18H23N3O2S2/c22-25(23,15-4-2-1-3-5-15)20-16-6-7-18(16)8-11-21(12-9-18)14-17-19-10-13-24-17/h1-5,10,13,16,20H,6-9,11-12,14H2. The van der Waals surface area contributed by atoms with Gasteiger partial charge in [0.25, 0.3) is 0 Å². The molecular formula is C18H23N3O2S2. The molecule has 7 heteroatoms. The number of aromatic nitrogens is 1. The second kappa shape index (κ2) is 6.79. The van der Waals surface area contributed by atoms with Crippen LogP contribution in [0.5, 0.6) is 0 Å². The molecule has 2 aromatic rings. The molecule has 1 aliphatic heterocycles. The zero-order chi connectivity index (χ0) is 17.3. The molecule has 1 saturated carbocycles. The Kier molecular flexibility index (Phi) is 4.66. The molecule has 1 aliphatic carbocycles. The van der Waals surface area contributed by atoms with Gasteiger partial charge in [-0.3, -0.25) is 4.90 Å². The maximum absolute atomic E-state index is 12.6. The van der Waals surface area contributed by atoms with Gasteiger partial charge < -0.3 is 0 Å². The summed E-state index contributed by atoms with van der Waals surface area (Å²) in [6.07, 6.45) is 6.03. The van der Waals surface area contributed by atoms with E-state index in [2.05, 4.69) is 14.6 Å². The zero-order valence-corrected chi connectivity index (χ0v) is 15.7. The van der Waals surface area contributed by atoms with Gasteiger partial charge in [-0.2, -0.15) is 0 Å². The number of thiazole rings is 1. The number of piperidine rings is 1. The number of sulfonamides is 1. The van der Waals surface area contributed by atoms with Gasteiger partial charge in [-0.15, -0.1) is 11.3 Å². The van der Waals surface area contributed by atoms with Crippen molar-refractivity contribution < 1.29 is 8.42 Å². The van der Waals surface area contributed by atoms with Crippen LogP contribution in [0.1, 0.15) is 30.7 Å². The van der Waals surface area contributed by atoms with Gasteiger partial charge in [0.1, 0.15) is 5.01 Å². The van der Waals surface area contributed by atoms with Gasteiger partial charge in [0.15, 0.2) is 0 Å². The van der Waals surface area contributed by atoms with Gasteiger partial charge in [0, 0.05) is 17.6 Å². The molecule has 1 atom stereocenters. The van der Waals surface area contributed by atoms with Crippen molar-refractivity contribution in [2.45, 2.75) is 43.2 Å². The highest BCUT2D eigenvalue weighted by molar-refractivity contribution is 7.89. The lowest BCUT2D eigenvalue weighted by molar-refractivity contribution is 0.000690. The van der Waals surface area contributed by atoms with E-state index in [4.69, 9.17) is 0 Å². The molecule has 25 heavy (non-hydrogen) atoms. The Labute approximate surface area is 153 Å². The third kappa shape index (κ3) is 3.51. The molecule has 1 unspecified atom stereocenters. The molecule has 2 aliphatic rings. The summed E-state index contributed by atoms with van der Waals surface area (Å²) >= 11 is 1.70. The zero-order valence-electron chi connectivity index (χ0n) is 14.1. The Balaban J connectivity index is 1.38. The average molecular weight is 378 g/mol. The first-order valence-corrected chi connectivity index (χ1v) is 11.1. The van der Waals surface area contributed by atoms with E-state index >= 15 is 0 Å². The van der Waals surface area contributed by atoms with Crippen molar-refractivity contribution in [3.8, 4) is 0 Å². The van der Waals surface area contributed by atoms with Gasteiger partial charge in [-0.1, -0.05) is 18.2 Å². The van der Waals surface area contributed by atoms with Crippen molar-refractivity contribution in [2.24, 2.45) is 5.41 Å². The number of hydrogen-bond donors (Lipinski definition) is 1. The van der Waals surface area contributed by atoms with Gasteiger partial charge in [0.05, 0.1) is 11.4 Å².